The summed E-state index contributed by atoms with van der Waals surface area (Å²) in [6.45, 7) is -0.452. The zero-order chi connectivity index (χ0) is 18.5. The van der Waals surface area contributed by atoms with Gasteiger partial charge in [0.15, 0.2) is 0 Å². The van der Waals surface area contributed by atoms with Crippen LogP contribution in [0.1, 0.15) is 15.9 Å². The normalized spacial score (nSPS) is 18.7. The molecule has 26 heavy (non-hydrogen) atoms. The van der Waals surface area contributed by atoms with E-state index in [0.717, 1.165) is 6.26 Å². The number of para-hydroxylation sites is 2. The van der Waals surface area contributed by atoms with Gasteiger partial charge >= 0.3 is 0 Å². The first kappa shape index (κ1) is 16.5. The van der Waals surface area contributed by atoms with E-state index in [2.05, 4.69) is 5.32 Å². The van der Waals surface area contributed by atoms with E-state index in [9.17, 15) is 18.0 Å². The van der Waals surface area contributed by atoms with Crippen LogP contribution < -0.4 is 10.2 Å². The van der Waals surface area contributed by atoms with E-state index in [-0.39, 0.29) is 17.1 Å². The number of amides is 1. The highest BCUT2D eigenvalue weighted by Gasteiger charge is 2.39. The van der Waals surface area contributed by atoms with Crippen molar-refractivity contribution in [3.63, 3.8) is 0 Å². The highest BCUT2D eigenvalue weighted by Crippen LogP contribution is 2.41. The minimum absolute atomic E-state index is 0.186. The number of hydrogen-bond donors (Lipinski definition) is 1. The molecular formula is C18H14N2O5S. The van der Waals surface area contributed by atoms with E-state index in [1.54, 1.807) is 48.5 Å². The van der Waals surface area contributed by atoms with Crippen LogP contribution in [0.2, 0.25) is 0 Å². The summed E-state index contributed by atoms with van der Waals surface area (Å²) < 4.78 is 27.4. The molecule has 2 aromatic carbocycles. The molecule has 2 heterocycles. The maximum Gasteiger partial charge on any atom is 0.266 e. The molecule has 2 aromatic rings. The molecule has 0 atom stereocenters. The molecule has 7 nitrogen and oxygen atoms in total. The molecule has 0 saturated carbocycles. The standard InChI is InChI=1S/C18H14N2O5S/c1-26(23,24)25-10-20-14-9-5-3-7-12(14)15(18(20)22)16-17(21)11-6-2-4-8-13(11)19-16/h2-9,19H,10H2,1H3/b16-15-. The van der Waals surface area contributed by atoms with Crippen LogP contribution in [0, 0.1) is 0 Å². The van der Waals surface area contributed by atoms with Gasteiger partial charge in [-0.3, -0.25) is 14.5 Å². The van der Waals surface area contributed by atoms with Crippen molar-refractivity contribution in [3.8, 4) is 0 Å². The van der Waals surface area contributed by atoms with Gasteiger partial charge in [0.2, 0.25) is 5.78 Å². The molecule has 2 aliphatic heterocycles. The molecule has 1 N–H and O–H groups in total. The van der Waals surface area contributed by atoms with Crippen molar-refractivity contribution in [1.82, 2.24) is 0 Å². The van der Waals surface area contributed by atoms with Crippen LogP contribution in [-0.2, 0) is 19.1 Å². The lowest BCUT2D eigenvalue weighted by molar-refractivity contribution is -0.113. The number of Topliss-reactive ketones (excluding diaryl/α,β-unsaturated/α-hetero) is 1. The lowest BCUT2D eigenvalue weighted by Crippen LogP contribution is -2.31. The fourth-order valence-electron chi connectivity index (χ4n) is 3.09. The number of rotatable bonds is 3. The van der Waals surface area contributed by atoms with Crippen LogP contribution in [-0.4, -0.2) is 33.1 Å². The van der Waals surface area contributed by atoms with Crippen LogP contribution in [0.15, 0.2) is 54.2 Å². The van der Waals surface area contributed by atoms with Gasteiger partial charge in [-0.25, -0.2) is 4.18 Å². The van der Waals surface area contributed by atoms with Crippen LogP contribution in [0.3, 0.4) is 0 Å². The first-order valence-electron chi connectivity index (χ1n) is 7.77. The predicted octanol–water partition coefficient (Wildman–Crippen LogP) is 1.99. The fourth-order valence-corrected chi connectivity index (χ4v) is 3.39. The summed E-state index contributed by atoms with van der Waals surface area (Å²) in [5.41, 5.74) is 2.57. The van der Waals surface area contributed by atoms with E-state index in [1.165, 1.54) is 4.90 Å². The van der Waals surface area contributed by atoms with E-state index in [0.29, 0.717) is 22.5 Å². The summed E-state index contributed by atoms with van der Waals surface area (Å²) in [5.74, 6) is -0.761. The average Bonchev–Trinajstić information content (AvgIpc) is 3.07. The largest absolute Gasteiger partial charge is 0.351 e. The third kappa shape index (κ3) is 2.59. The number of nitrogens with one attached hydrogen (secondary N) is 1. The topological polar surface area (TPSA) is 92.8 Å². The Morgan fingerprint density at radius 2 is 1.65 bits per heavy atom. The van der Waals surface area contributed by atoms with Gasteiger partial charge in [-0.2, -0.15) is 8.42 Å². The number of carbonyl (C=O) groups excluding carboxylic acids is 2. The Morgan fingerprint density at radius 1 is 1.00 bits per heavy atom. The Labute approximate surface area is 150 Å². The molecule has 4 rings (SSSR count). The van der Waals surface area contributed by atoms with Crippen LogP contribution in [0.4, 0.5) is 11.4 Å². The lowest BCUT2D eigenvalue weighted by atomic mass is 10.0. The molecule has 0 saturated heterocycles. The second kappa shape index (κ2) is 5.79. The predicted molar refractivity (Wildman–Crippen MR) is 96.0 cm³/mol. The zero-order valence-corrected chi connectivity index (χ0v) is 14.5. The Balaban J connectivity index is 1.82. The van der Waals surface area contributed by atoms with E-state index < -0.39 is 22.8 Å². The smallest absolute Gasteiger partial charge is 0.266 e. The monoisotopic (exact) mass is 370 g/mol. The summed E-state index contributed by atoms with van der Waals surface area (Å²) in [4.78, 5) is 26.9. The minimum Gasteiger partial charge on any atom is -0.351 e. The van der Waals surface area contributed by atoms with E-state index in [1.807, 2.05) is 0 Å². The van der Waals surface area contributed by atoms with Gasteiger partial charge in [0.1, 0.15) is 12.4 Å². The lowest BCUT2D eigenvalue weighted by Gasteiger charge is -2.15. The first-order chi connectivity index (χ1) is 12.4. The van der Waals surface area contributed by atoms with Gasteiger partial charge < -0.3 is 5.32 Å². The van der Waals surface area contributed by atoms with Crippen molar-refractivity contribution in [2.24, 2.45) is 0 Å². The van der Waals surface area contributed by atoms with Crippen molar-refractivity contribution >= 4 is 38.8 Å². The summed E-state index contributed by atoms with van der Waals surface area (Å²) in [6.07, 6.45) is 0.914. The third-order valence-corrected chi connectivity index (χ3v) is 4.76. The molecule has 0 aliphatic carbocycles. The molecule has 8 heteroatoms. The number of allylic oxidation sites excluding steroid dienone is 1. The van der Waals surface area contributed by atoms with Crippen LogP contribution >= 0.6 is 0 Å². The van der Waals surface area contributed by atoms with Gasteiger partial charge in [0, 0.05) is 16.8 Å². The number of benzene rings is 2. The molecule has 2 aliphatic rings. The summed E-state index contributed by atoms with van der Waals surface area (Å²) in [5, 5.41) is 3.01. The molecule has 0 aromatic heterocycles. The van der Waals surface area contributed by atoms with E-state index >= 15 is 0 Å². The molecule has 0 spiro atoms. The van der Waals surface area contributed by atoms with Crippen LogP contribution in [0.25, 0.3) is 5.57 Å². The first-order valence-corrected chi connectivity index (χ1v) is 9.59. The molecule has 0 bridgehead atoms. The number of anilines is 2. The number of hydrogen-bond acceptors (Lipinski definition) is 6. The Bertz CT molecular complexity index is 1090. The average molecular weight is 370 g/mol. The Kier molecular flexibility index (Phi) is 3.67. The Hall–Kier alpha value is -2.97. The highest BCUT2D eigenvalue weighted by atomic mass is 32.2. The van der Waals surface area contributed by atoms with Crippen LogP contribution in [0.5, 0.6) is 0 Å². The number of carbonyl (C=O) groups is 2. The zero-order valence-electron chi connectivity index (χ0n) is 13.7. The van der Waals surface area contributed by atoms with Crippen molar-refractivity contribution in [2.45, 2.75) is 0 Å². The quantitative estimate of drug-likeness (QED) is 0.656. The van der Waals surface area contributed by atoms with Crippen molar-refractivity contribution in [3.05, 3.63) is 65.4 Å². The van der Waals surface area contributed by atoms with Crippen molar-refractivity contribution in [1.29, 1.82) is 0 Å². The van der Waals surface area contributed by atoms with Gasteiger partial charge in [0.05, 0.1) is 17.5 Å². The summed E-state index contributed by atoms with van der Waals surface area (Å²) >= 11 is 0. The van der Waals surface area contributed by atoms with E-state index in [4.69, 9.17) is 4.18 Å². The number of nitrogens with zero attached hydrogens (tertiary/aromatic N) is 1. The van der Waals surface area contributed by atoms with Gasteiger partial charge in [-0.1, -0.05) is 30.3 Å². The molecule has 132 valence electrons. The second-order valence-corrected chi connectivity index (χ2v) is 7.60. The minimum atomic E-state index is -3.72. The van der Waals surface area contributed by atoms with Gasteiger partial charge in [-0.05, 0) is 18.2 Å². The highest BCUT2D eigenvalue weighted by molar-refractivity contribution is 7.86. The molecule has 0 unspecified atom stereocenters. The maximum atomic E-state index is 13.0. The van der Waals surface area contributed by atoms with Crippen molar-refractivity contribution < 1.29 is 22.2 Å². The summed E-state index contributed by atoms with van der Waals surface area (Å²) in [6, 6.07) is 13.9. The fraction of sp³-hybridized carbons (Fsp3) is 0.111. The molecule has 0 radical (unpaired) electrons. The maximum absolute atomic E-state index is 13.0. The SMILES string of the molecule is CS(=O)(=O)OCN1C(=O)/C(=C2\Nc3ccccc3C2=O)c2ccccc21. The molecular weight excluding hydrogens is 356 g/mol. The Morgan fingerprint density at radius 3 is 2.35 bits per heavy atom. The van der Waals surface area contributed by atoms with Gasteiger partial charge in [0.25, 0.3) is 16.0 Å². The molecule has 0 fully saturated rings. The molecule has 1 amide bonds. The third-order valence-electron chi connectivity index (χ3n) is 4.23. The van der Waals surface area contributed by atoms with Crippen molar-refractivity contribution in [2.75, 3.05) is 23.2 Å². The number of ketones is 1. The van der Waals surface area contributed by atoms with Gasteiger partial charge in [-0.15, -0.1) is 0 Å². The number of fused-ring (bicyclic) bond motifs is 2. The summed E-state index contributed by atoms with van der Waals surface area (Å²) in [7, 11) is -3.72. The second-order valence-electron chi connectivity index (χ2n) is 5.95.